The van der Waals surface area contributed by atoms with Crippen LogP contribution in [0.3, 0.4) is 0 Å². The van der Waals surface area contributed by atoms with Gasteiger partial charge in [0.2, 0.25) is 0 Å². The zero-order chi connectivity index (χ0) is 18.9. The van der Waals surface area contributed by atoms with Crippen LogP contribution in [0.2, 0.25) is 0 Å². The second kappa shape index (κ2) is 10.6. The van der Waals surface area contributed by atoms with E-state index in [0.717, 1.165) is 23.8 Å². The van der Waals surface area contributed by atoms with Crippen molar-refractivity contribution < 1.29 is 13.2 Å². The minimum absolute atomic E-state index is 0.132. The molecule has 1 nitrogen and oxygen atoms in total. The molecule has 0 bridgehead atoms. The molecule has 0 radical (unpaired) electrons. The van der Waals surface area contributed by atoms with Crippen LogP contribution in [0.1, 0.15) is 71.4 Å². The van der Waals surface area contributed by atoms with Crippen LogP contribution in [-0.4, -0.2) is 0 Å². The fraction of sp³-hybridized carbons (Fsp3) is 0.700. The smallest absolute Gasteiger partial charge is 0.399 e. The molecule has 0 aliphatic heterocycles. The molecule has 0 saturated carbocycles. The molecule has 24 heavy (non-hydrogen) atoms. The second-order valence-corrected chi connectivity index (χ2v) is 7.03. The maximum Gasteiger partial charge on any atom is 0.416 e. The summed E-state index contributed by atoms with van der Waals surface area (Å²) < 4.78 is 36.5. The summed E-state index contributed by atoms with van der Waals surface area (Å²) in [5.74, 6) is 2.76. The zero-order valence-corrected chi connectivity index (χ0v) is 16.0. The summed E-state index contributed by atoms with van der Waals surface area (Å²) in [6, 6.07) is 3.75. The molecule has 1 aromatic rings. The first kappa shape index (κ1) is 22.8. The van der Waals surface area contributed by atoms with E-state index in [1.165, 1.54) is 44.7 Å². The van der Waals surface area contributed by atoms with E-state index in [1.807, 2.05) is 0 Å². The van der Waals surface area contributed by atoms with E-state index in [2.05, 4.69) is 34.6 Å². The van der Waals surface area contributed by atoms with Crippen molar-refractivity contribution in [1.82, 2.24) is 0 Å². The first-order valence-electron chi connectivity index (χ1n) is 8.96. The molecule has 2 N–H and O–H groups in total. The Bertz CT molecular complexity index is 468. The highest BCUT2D eigenvalue weighted by molar-refractivity contribution is 5.45. The van der Waals surface area contributed by atoms with Crippen LogP contribution in [0.4, 0.5) is 18.9 Å². The summed E-state index contributed by atoms with van der Waals surface area (Å²) in [6.07, 6.45) is 1.21. The van der Waals surface area contributed by atoms with Gasteiger partial charge < -0.3 is 5.73 Å². The van der Waals surface area contributed by atoms with Gasteiger partial charge in [0.05, 0.1) is 5.56 Å². The normalized spacial score (nSPS) is 15.2. The Kier molecular flexibility index (Phi) is 10.1. The molecular weight excluding hydrogens is 311 g/mol. The van der Waals surface area contributed by atoms with E-state index in [0.29, 0.717) is 0 Å². The molecular formula is C20H34F3N. The third kappa shape index (κ3) is 8.60. The van der Waals surface area contributed by atoms with E-state index >= 15 is 0 Å². The second-order valence-electron chi connectivity index (χ2n) is 7.03. The number of nitrogen functional groups attached to an aromatic ring is 1. The average molecular weight is 345 g/mol. The van der Waals surface area contributed by atoms with Crippen molar-refractivity contribution in [2.75, 3.05) is 5.73 Å². The lowest BCUT2D eigenvalue weighted by Crippen LogP contribution is -2.08. The SMILES string of the molecule is CCC(C)CCC(C)C(C)CC.Cc1ccc(N)cc1C(F)(F)F. The van der Waals surface area contributed by atoms with Crippen LogP contribution < -0.4 is 5.73 Å². The van der Waals surface area contributed by atoms with Crippen molar-refractivity contribution in [3.63, 3.8) is 0 Å². The number of aryl methyl sites for hydroxylation is 1. The van der Waals surface area contributed by atoms with E-state index in [1.54, 1.807) is 0 Å². The first-order valence-corrected chi connectivity index (χ1v) is 8.96. The van der Waals surface area contributed by atoms with Crippen molar-refractivity contribution in [3.05, 3.63) is 29.3 Å². The van der Waals surface area contributed by atoms with Crippen molar-refractivity contribution >= 4 is 5.69 Å². The Balaban J connectivity index is 0.000000441. The molecule has 0 heterocycles. The molecule has 0 spiro atoms. The van der Waals surface area contributed by atoms with E-state index in [-0.39, 0.29) is 11.3 Å². The van der Waals surface area contributed by atoms with E-state index in [9.17, 15) is 13.2 Å². The van der Waals surface area contributed by atoms with Gasteiger partial charge in [-0.1, -0.05) is 66.4 Å². The summed E-state index contributed by atoms with van der Waals surface area (Å²) in [4.78, 5) is 0. The molecule has 4 heteroatoms. The highest BCUT2D eigenvalue weighted by Crippen LogP contribution is 2.32. The third-order valence-electron chi connectivity index (χ3n) is 4.99. The summed E-state index contributed by atoms with van der Waals surface area (Å²) in [6.45, 7) is 13.1. The number of halogens is 3. The van der Waals surface area contributed by atoms with Gasteiger partial charge in [0.1, 0.15) is 0 Å². The molecule has 3 unspecified atom stereocenters. The van der Waals surface area contributed by atoms with Crippen LogP contribution in [0.15, 0.2) is 18.2 Å². The summed E-state index contributed by atoms with van der Waals surface area (Å²) in [5.41, 5.74) is 4.88. The summed E-state index contributed by atoms with van der Waals surface area (Å²) >= 11 is 0. The Labute approximate surface area is 145 Å². The minimum atomic E-state index is -4.31. The zero-order valence-electron chi connectivity index (χ0n) is 16.0. The number of hydrogen-bond acceptors (Lipinski definition) is 1. The molecule has 0 saturated heterocycles. The van der Waals surface area contributed by atoms with Gasteiger partial charge in [-0.25, -0.2) is 0 Å². The van der Waals surface area contributed by atoms with Crippen molar-refractivity contribution in [1.29, 1.82) is 0 Å². The molecule has 3 atom stereocenters. The predicted molar refractivity (Wildman–Crippen MR) is 97.9 cm³/mol. The molecule has 0 aromatic heterocycles. The Morgan fingerprint density at radius 2 is 1.54 bits per heavy atom. The fourth-order valence-electron chi connectivity index (χ4n) is 2.38. The Hall–Kier alpha value is -1.19. The molecule has 0 fully saturated rings. The lowest BCUT2D eigenvalue weighted by atomic mass is 9.87. The largest absolute Gasteiger partial charge is 0.416 e. The number of rotatable bonds is 6. The van der Waals surface area contributed by atoms with Crippen LogP contribution >= 0.6 is 0 Å². The highest BCUT2D eigenvalue weighted by atomic mass is 19.4. The van der Waals surface area contributed by atoms with Crippen LogP contribution in [0.25, 0.3) is 0 Å². The van der Waals surface area contributed by atoms with Crippen molar-refractivity contribution in [2.24, 2.45) is 17.8 Å². The van der Waals surface area contributed by atoms with Crippen molar-refractivity contribution in [2.45, 2.75) is 73.4 Å². The number of nitrogens with two attached hydrogens (primary N) is 1. The van der Waals surface area contributed by atoms with Crippen LogP contribution in [0.5, 0.6) is 0 Å². The molecule has 1 rings (SSSR count). The predicted octanol–water partition coefficient (Wildman–Crippen LogP) is 7.09. The summed E-state index contributed by atoms with van der Waals surface area (Å²) in [5, 5.41) is 0. The van der Waals surface area contributed by atoms with Crippen LogP contribution in [0, 0.1) is 24.7 Å². The summed E-state index contributed by atoms with van der Waals surface area (Å²) in [7, 11) is 0. The van der Waals surface area contributed by atoms with Crippen molar-refractivity contribution in [3.8, 4) is 0 Å². The molecule has 0 aliphatic rings. The standard InChI is InChI=1S/C12H26.C8H8F3N/c1-6-10(3)8-9-12(5)11(4)7-2;1-5-2-3-6(12)4-7(5)8(9,10)11/h10-12H,6-9H2,1-5H3;2-4H,12H2,1H3. The van der Waals surface area contributed by atoms with E-state index < -0.39 is 11.7 Å². The Morgan fingerprint density at radius 3 is 1.96 bits per heavy atom. The Morgan fingerprint density at radius 1 is 0.958 bits per heavy atom. The van der Waals surface area contributed by atoms with Gasteiger partial charge in [-0.05, 0) is 42.4 Å². The number of benzene rings is 1. The van der Waals surface area contributed by atoms with Gasteiger partial charge in [-0.2, -0.15) is 13.2 Å². The molecule has 0 aliphatic carbocycles. The highest BCUT2D eigenvalue weighted by Gasteiger charge is 2.32. The minimum Gasteiger partial charge on any atom is -0.399 e. The third-order valence-corrected chi connectivity index (χ3v) is 4.99. The van der Waals surface area contributed by atoms with Gasteiger partial charge in [-0.15, -0.1) is 0 Å². The van der Waals surface area contributed by atoms with Gasteiger partial charge in [-0.3, -0.25) is 0 Å². The fourth-order valence-corrected chi connectivity index (χ4v) is 2.38. The average Bonchev–Trinajstić information content (AvgIpc) is 2.53. The number of alkyl halides is 3. The van der Waals surface area contributed by atoms with Gasteiger partial charge in [0.15, 0.2) is 0 Å². The van der Waals surface area contributed by atoms with E-state index in [4.69, 9.17) is 5.73 Å². The topological polar surface area (TPSA) is 26.0 Å². The molecule has 0 amide bonds. The van der Waals surface area contributed by atoms with Gasteiger partial charge >= 0.3 is 6.18 Å². The number of hydrogen-bond donors (Lipinski definition) is 1. The molecule has 140 valence electrons. The quantitative estimate of drug-likeness (QED) is 0.547. The maximum absolute atomic E-state index is 12.2. The van der Waals surface area contributed by atoms with Gasteiger partial charge in [0.25, 0.3) is 0 Å². The monoisotopic (exact) mass is 345 g/mol. The van der Waals surface area contributed by atoms with Crippen LogP contribution in [-0.2, 0) is 6.18 Å². The molecule has 1 aromatic carbocycles. The lowest BCUT2D eigenvalue weighted by Gasteiger charge is -2.19. The first-order chi connectivity index (χ1) is 11.0. The lowest BCUT2D eigenvalue weighted by molar-refractivity contribution is -0.138. The number of anilines is 1. The van der Waals surface area contributed by atoms with Gasteiger partial charge in [0, 0.05) is 5.69 Å². The maximum atomic E-state index is 12.2.